The highest BCUT2D eigenvalue weighted by molar-refractivity contribution is 6.31. The average molecular weight is 330 g/mol. The molecule has 2 N–H and O–H groups in total. The third-order valence-corrected chi connectivity index (χ3v) is 3.92. The molecule has 2 aromatic carbocycles. The second-order valence-corrected chi connectivity index (χ2v) is 5.70. The van der Waals surface area contributed by atoms with E-state index in [1.165, 1.54) is 0 Å². The third-order valence-electron chi connectivity index (χ3n) is 3.69. The Bertz CT molecular complexity index is 890. The lowest BCUT2D eigenvalue weighted by atomic mass is 10.1. The minimum Gasteiger partial charge on any atom is -0.395 e. The molecule has 0 aliphatic heterocycles. The van der Waals surface area contributed by atoms with Gasteiger partial charge in [0.05, 0.1) is 17.5 Å². The van der Waals surface area contributed by atoms with E-state index in [4.69, 9.17) is 16.7 Å². The molecule has 1 aromatic heterocycles. The number of hydrogen-bond donors (Lipinski definition) is 2. The van der Waals surface area contributed by atoms with Crippen molar-refractivity contribution in [3.05, 3.63) is 57.8 Å². The fraction of sp³-hybridized carbons (Fsp3) is 0.176. The number of fused-ring (bicyclic) bond motifs is 1. The first-order chi connectivity index (χ1) is 11.1. The lowest BCUT2D eigenvalue weighted by Crippen LogP contribution is -2.20. The van der Waals surface area contributed by atoms with Gasteiger partial charge < -0.3 is 15.0 Å². The first-order valence-corrected chi connectivity index (χ1v) is 7.58. The first kappa shape index (κ1) is 15.5. The maximum absolute atomic E-state index is 12.2. The predicted octanol–water partition coefficient (Wildman–Crippen LogP) is 2.67. The van der Waals surface area contributed by atoms with E-state index in [9.17, 15) is 4.79 Å². The van der Waals surface area contributed by atoms with E-state index in [1.807, 2.05) is 36.2 Å². The molecule has 118 valence electrons. The first-order valence-electron chi connectivity index (χ1n) is 7.20. The minimum absolute atomic E-state index is 0.0958. The molecular weight excluding hydrogens is 314 g/mol. The molecule has 6 heteroatoms. The van der Waals surface area contributed by atoms with Crippen molar-refractivity contribution in [3.63, 3.8) is 0 Å². The lowest BCUT2D eigenvalue weighted by molar-refractivity contribution is 0.304. The Kier molecular flexibility index (Phi) is 4.32. The Morgan fingerprint density at radius 2 is 1.96 bits per heavy atom. The van der Waals surface area contributed by atoms with Crippen molar-refractivity contribution in [1.29, 1.82) is 0 Å². The zero-order valence-electron chi connectivity index (χ0n) is 12.6. The van der Waals surface area contributed by atoms with Gasteiger partial charge in [0, 0.05) is 29.9 Å². The smallest absolute Gasteiger partial charge is 0.259 e. The summed E-state index contributed by atoms with van der Waals surface area (Å²) in [4.78, 5) is 21.4. The summed E-state index contributed by atoms with van der Waals surface area (Å²) in [7, 11) is 1.91. The molecule has 1 heterocycles. The molecule has 0 unspecified atom stereocenters. The number of anilines is 1. The van der Waals surface area contributed by atoms with Crippen molar-refractivity contribution in [3.8, 4) is 11.4 Å². The van der Waals surface area contributed by atoms with Gasteiger partial charge in [-0.05, 0) is 42.5 Å². The maximum Gasteiger partial charge on any atom is 0.259 e. The van der Waals surface area contributed by atoms with Gasteiger partial charge >= 0.3 is 0 Å². The second kappa shape index (κ2) is 6.40. The van der Waals surface area contributed by atoms with E-state index in [1.54, 1.807) is 18.2 Å². The molecule has 5 nitrogen and oxygen atoms in total. The van der Waals surface area contributed by atoms with Crippen molar-refractivity contribution < 1.29 is 5.11 Å². The monoisotopic (exact) mass is 329 g/mol. The molecule has 0 atom stereocenters. The molecule has 0 fully saturated rings. The topological polar surface area (TPSA) is 69.2 Å². The highest BCUT2D eigenvalue weighted by atomic mass is 35.5. The van der Waals surface area contributed by atoms with E-state index < -0.39 is 0 Å². The number of hydrogen-bond acceptors (Lipinski definition) is 4. The number of likely N-dealkylation sites (N-methyl/N-ethyl adjacent to an activating group) is 1. The number of benzene rings is 2. The highest BCUT2D eigenvalue weighted by Gasteiger charge is 2.07. The van der Waals surface area contributed by atoms with Gasteiger partial charge in [-0.1, -0.05) is 11.6 Å². The van der Waals surface area contributed by atoms with Crippen LogP contribution in [0, 0.1) is 0 Å². The number of aromatic nitrogens is 2. The zero-order chi connectivity index (χ0) is 16.4. The third kappa shape index (κ3) is 3.21. The summed E-state index contributed by atoms with van der Waals surface area (Å²) in [6.45, 7) is 0.654. The van der Waals surface area contributed by atoms with Crippen LogP contribution in [0.15, 0.2) is 47.3 Å². The van der Waals surface area contributed by atoms with Crippen LogP contribution in [0.5, 0.6) is 0 Å². The van der Waals surface area contributed by atoms with E-state index in [0.717, 1.165) is 11.3 Å². The van der Waals surface area contributed by atoms with Gasteiger partial charge in [-0.3, -0.25) is 4.79 Å². The van der Waals surface area contributed by atoms with Crippen LogP contribution in [0.2, 0.25) is 5.02 Å². The fourth-order valence-electron chi connectivity index (χ4n) is 2.40. The van der Waals surface area contributed by atoms with Crippen LogP contribution >= 0.6 is 11.6 Å². The Labute approximate surface area is 138 Å². The number of nitrogens with one attached hydrogen (secondary N) is 1. The van der Waals surface area contributed by atoms with Crippen LogP contribution in [0.1, 0.15) is 0 Å². The van der Waals surface area contributed by atoms with Crippen LogP contribution in [-0.4, -0.2) is 35.3 Å². The van der Waals surface area contributed by atoms with Crippen molar-refractivity contribution in [2.45, 2.75) is 0 Å². The van der Waals surface area contributed by atoms with Gasteiger partial charge in [0.15, 0.2) is 0 Å². The molecule has 0 saturated carbocycles. The summed E-state index contributed by atoms with van der Waals surface area (Å²) in [5, 5.41) is 10.0. The van der Waals surface area contributed by atoms with Crippen LogP contribution in [0.4, 0.5) is 5.69 Å². The van der Waals surface area contributed by atoms with E-state index in [2.05, 4.69) is 9.97 Å². The van der Waals surface area contributed by atoms with Crippen LogP contribution in [-0.2, 0) is 0 Å². The van der Waals surface area contributed by atoms with Crippen molar-refractivity contribution in [2.24, 2.45) is 0 Å². The molecule has 0 spiro atoms. The van der Waals surface area contributed by atoms with Gasteiger partial charge in [0.2, 0.25) is 0 Å². The van der Waals surface area contributed by atoms with Crippen molar-refractivity contribution in [2.75, 3.05) is 25.1 Å². The van der Waals surface area contributed by atoms with Crippen LogP contribution < -0.4 is 10.5 Å². The Balaban J connectivity index is 2.01. The molecule has 0 aliphatic carbocycles. The number of rotatable bonds is 4. The normalized spacial score (nSPS) is 10.9. The Morgan fingerprint density at radius 1 is 1.22 bits per heavy atom. The van der Waals surface area contributed by atoms with E-state index >= 15 is 0 Å². The minimum atomic E-state index is -0.192. The van der Waals surface area contributed by atoms with Gasteiger partial charge in [0.25, 0.3) is 5.56 Å². The van der Waals surface area contributed by atoms with Gasteiger partial charge in [-0.15, -0.1) is 0 Å². The summed E-state index contributed by atoms with van der Waals surface area (Å²) in [5.74, 6) is 0.501. The molecule has 0 aliphatic rings. The number of H-pyrrole nitrogens is 1. The summed E-state index contributed by atoms with van der Waals surface area (Å²) in [5.41, 5.74) is 2.17. The van der Waals surface area contributed by atoms with Gasteiger partial charge in [-0.2, -0.15) is 0 Å². The summed E-state index contributed by atoms with van der Waals surface area (Å²) in [6, 6.07) is 12.6. The fourth-order valence-corrected chi connectivity index (χ4v) is 2.57. The summed E-state index contributed by atoms with van der Waals surface area (Å²) in [6.07, 6.45) is 0. The van der Waals surface area contributed by atoms with Crippen LogP contribution in [0.3, 0.4) is 0 Å². The molecule has 3 aromatic rings. The largest absolute Gasteiger partial charge is 0.395 e. The maximum atomic E-state index is 12.2. The summed E-state index contributed by atoms with van der Waals surface area (Å²) < 4.78 is 0. The molecule has 0 radical (unpaired) electrons. The molecular formula is C17H16ClN3O2. The average Bonchev–Trinajstić information content (AvgIpc) is 2.54. The van der Waals surface area contributed by atoms with Gasteiger partial charge in [0.1, 0.15) is 5.82 Å². The molecule has 0 saturated heterocycles. The van der Waals surface area contributed by atoms with Gasteiger partial charge in [-0.25, -0.2) is 4.98 Å². The Hall–Kier alpha value is -2.37. The quantitative estimate of drug-likeness (QED) is 0.772. The predicted molar refractivity (Wildman–Crippen MR) is 93.2 cm³/mol. The molecule has 23 heavy (non-hydrogen) atoms. The zero-order valence-corrected chi connectivity index (χ0v) is 13.3. The number of aliphatic hydroxyl groups excluding tert-OH is 1. The number of aromatic amines is 1. The van der Waals surface area contributed by atoms with E-state index in [-0.39, 0.29) is 12.2 Å². The summed E-state index contributed by atoms with van der Waals surface area (Å²) >= 11 is 5.98. The molecule has 0 amide bonds. The second-order valence-electron chi connectivity index (χ2n) is 5.27. The molecule has 0 bridgehead atoms. The van der Waals surface area contributed by atoms with Crippen molar-refractivity contribution >= 4 is 28.2 Å². The van der Waals surface area contributed by atoms with Crippen LogP contribution in [0.25, 0.3) is 22.3 Å². The Morgan fingerprint density at radius 3 is 2.65 bits per heavy atom. The lowest BCUT2D eigenvalue weighted by Gasteiger charge is -2.18. The van der Waals surface area contributed by atoms with Crippen molar-refractivity contribution in [1.82, 2.24) is 9.97 Å². The molecule has 3 rings (SSSR count). The van der Waals surface area contributed by atoms with E-state index in [0.29, 0.717) is 28.3 Å². The standard InChI is InChI=1S/C17H16ClN3O2/c1-21(8-9-22)13-5-2-11(3-6-13)16-19-15-10-12(18)4-7-14(15)17(23)20-16/h2-7,10,22H,8-9H2,1H3,(H,19,20,23). The number of aliphatic hydroxyl groups is 1. The number of nitrogens with zero attached hydrogens (tertiary/aromatic N) is 2. The SMILES string of the molecule is CN(CCO)c1ccc(-c2nc3cc(Cl)ccc3c(=O)[nH]2)cc1. The highest BCUT2D eigenvalue weighted by Crippen LogP contribution is 2.21. The number of halogens is 1.